The highest BCUT2D eigenvalue weighted by Crippen LogP contribution is 2.51. The van der Waals surface area contributed by atoms with Crippen LogP contribution in [-0.4, -0.2) is 155 Å². The van der Waals surface area contributed by atoms with Crippen molar-refractivity contribution >= 4 is 27.5 Å². The minimum atomic E-state index is -3.59. The van der Waals surface area contributed by atoms with Crippen LogP contribution in [0.4, 0.5) is 14.9 Å². The number of anilines is 1. The van der Waals surface area contributed by atoms with E-state index in [1.165, 1.54) is 32.4 Å². The average molecular weight is 849 g/mol. The normalized spacial score (nSPS) is 27.4. The zero-order chi connectivity index (χ0) is 41.9. The van der Waals surface area contributed by atoms with E-state index in [0.717, 1.165) is 109 Å². The second-order valence-electron chi connectivity index (χ2n) is 18.4. The smallest absolute Gasteiger partial charge is 0.407 e. The van der Waals surface area contributed by atoms with Gasteiger partial charge in [-0.2, -0.15) is 0 Å². The quantitative estimate of drug-likeness (QED) is 0.262. The number of nitrogens with zero attached hydrogens (tertiary/aromatic N) is 5. The molecule has 0 spiro atoms. The molecule has 14 heteroatoms. The Morgan fingerprint density at radius 2 is 1.60 bits per heavy atom. The van der Waals surface area contributed by atoms with E-state index in [1.807, 2.05) is 24.3 Å². The molecule has 5 atom stereocenters. The van der Waals surface area contributed by atoms with Gasteiger partial charge in [-0.3, -0.25) is 9.69 Å². The Morgan fingerprint density at radius 3 is 2.28 bits per heavy atom. The van der Waals surface area contributed by atoms with Crippen LogP contribution in [0.2, 0.25) is 0 Å². The van der Waals surface area contributed by atoms with Gasteiger partial charge in [0.15, 0.2) is 9.84 Å². The number of alkyl carbamates (subject to hydrolysis) is 1. The van der Waals surface area contributed by atoms with Crippen LogP contribution in [0.3, 0.4) is 0 Å². The predicted octanol–water partition coefficient (Wildman–Crippen LogP) is 4.53. The van der Waals surface area contributed by atoms with Gasteiger partial charge in [0.2, 0.25) is 5.91 Å². The summed E-state index contributed by atoms with van der Waals surface area (Å²) >= 11 is 0. The van der Waals surface area contributed by atoms with Gasteiger partial charge >= 0.3 is 6.09 Å². The number of nitrogens with one attached hydrogen (secondary N) is 1. The van der Waals surface area contributed by atoms with Crippen molar-refractivity contribution in [1.82, 2.24) is 24.9 Å². The van der Waals surface area contributed by atoms with Crippen LogP contribution in [0.25, 0.3) is 0 Å². The number of hydrogen-bond acceptors (Lipinski definition) is 10. The molecule has 5 saturated heterocycles. The number of sulfone groups is 1. The number of hydrogen-bond donors (Lipinski definition) is 2. The summed E-state index contributed by atoms with van der Waals surface area (Å²) < 4.78 is 47.1. The van der Waals surface area contributed by atoms with E-state index >= 15 is 4.39 Å². The molecule has 5 heterocycles. The number of carbonyl (C=O) groups excluding carboxylic acids is 2. The summed E-state index contributed by atoms with van der Waals surface area (Å²) in [6.45, 7) is 9.83. The van der Waals surface area contributed by atoms with Gasteiger partial charge in [0, 0.05) is 75.0 Å². The lowest BCUT2D eigenvalue weighted by molar-refractivity contribution is -0.129. The number of aliphatic hydroxyl groups excluding tert-OH is 1. The SMILES string of the molecule is COC(=O)N[C@H]1CCC[C@@H]1C(CN1CCC1)(c1cccc(F)c1)C1CCN(C[C@H]2CN(c3ccc(S(=O)(=O)C4CN(C(=O)/C=C/CN5CCCCC5)C4)cc3)C[C@H]2O)CC1. The average Bonchev–Trinajstić information content (AvgIpc) is 3.83. The molecule has 6 aliphatic rings. The topological polar surface area (TPSA) is 126 Å². The highest BCUT2D eigenvalue weighted by Gasteiger charge is 2.53. The first kappa shape index (κ1) is 43.1. The Hall–Kier alpha value is -3.56. The summed E-state index contributed by atoms with van der Waals surface area (Å²) in [7, 11) is -2.18. The van der Waals surface area contributed by atoms with E-state index in [9.17, 15) is 23.1 Å². The van der Waals surface area contributed by atoms with Crippen molar-refractivity contribution in [2.45, 2.75) is 85.5 Å². The molecule has 2 N–H and O–H groups in total. The van der Waals surface area contributed by atoms with Crippen molar-refractivity contribution < 1.29 is 32.2 Å². The molecule has 60 heavy (non-hydrogen) atoms. The lowest BCUT2D eigenvalue weighted by atomic mass is 9.57. The molecule has 0 bridgehead atoms. The molecule has 328 valence electrons. The first-order valence-electron chi connectivity index (χ1n) is 22.5. The molecule has 12 nitrogen and oxygen atoms in total. The second kappa shape index (κ2) is 18.8. The Labute approximate surface area is 356 Å². The molecular formula is C46H65FN6O6S. The van der Waals surface area contributed by atoms with Crippen molar-refractivity contribution in [3.8, 4) is 0 Å². The zero-order valence-electron chi connectivity index (χ0n) is 35.3. The van der Waals surface area contributed by atoms with Gasteiger partial charge in [-0.05, 0) is 138 Å². The number of rotatable bonds is 14. The molecular weight excluding hydrogens is 784 g/mol. The standard InChI is InChI=1S/C46H65FN6O6S/c1-59-45(56)48-42-12-6-11-41(42)46(33-51-23-8-24-51,36-9-5-10-37(47)27-36)35-18-25-50(26-19-35)28-34-29-52(32-43(34)54)38-14-16-39(17-15-38)60(57,58)40-30-53(31-40)44(55)13-7-22-49-20-3-2-4-21-49/h5,7,9-10,13-17,27,34-35,40-43,54H,2-4,6,8,11-12,18-26,28-33H2,1H3,(H,48,56)/b13-7+/t34-,41-,42-,43+,46?/m0/s1. The largest absolute Gasteiger partial charge is 0.453 e. The number of aliphatic hydroxyl groups is 1. The molecule has 5 aliphatic heterocycles. The second-order valence-corrected chi connectivity index (χ2v) is 20.7. The molecule has 2 amide bonds. The maximum absolute atomic E-state index is 15.1. The molecule has 6 fully saturated rings. The van der Waals surface area contributed by atoms with Crippen molar-refractivity contribution in [1.29, 1.82) is 0 Å². The van der Waals surface area contributed by atoms with Gasteiger partial charge in [0.05, 0.1) is 18.1 Å². The molecule has 2 aromatic rings. The van der Waals surface area contributed by atoms with E-state index in [4.69, 9.17) is 4.74 Å². The van der Waals surface area contributed by atoms with E-state index < -0.39 is 27.3 Å². The molecule has 2 aromatic carbocycles. The highest BCUT2D eigenvalue weighted by atomic mass is 32.2. The maximum atomic E-state index is 15.1. The van der Waals surface area contributed by atoms with E-state index in [0.29, 0.717) is 13.1 Å². The highest BCUT2D eigenvalue weighted by molar-refractivity contribution is 7.92. The van der Waals surface area contributed by atoms with Gasteiger partial charge in [-0.1, -0.05) is 31.1 Å². The maximum Gasteiger partial charge on any atom is 0.407 e. The van der Waals surface area contributed by atoms with Gasteiger partial charge in [0.25, 0.3) is 0 Å². The van der Waals surface area contributed by atoms with Crippen molar-refractivity contribution in [2.75, 3.05) is 97.1 Å². The lowest BCUT2D eigenvalue weighted by Gasteiger charge is -2.53. The van der Waals surface area contributed by atoms with Crippen LogP contribution in [0.15, 0.2) is 65.6 Å². The number of β-amino-alcohol motifs (C(OH)–C–C–N with tert-alkyl or cyclic N) is 1. The van der Waals surface area contributed by atoms with Crippen LogP contribution in [0, 0.1) is 23.6 Å². The number of piperidine rings is 2. The number of ether oxygens (including phenoxy) is 1. The minimum Gasteiger partial charge on any atom is -0.453 e. The lowest BCUT2D eigenvalue weighted by Crippen LogP contribution is -2.59. The minimum absolute atomic E-state index is 0.0369. The molecule has 0 aromatic heterocycles. The number of amides is 2. The monoisotopic (exact) mass is 848 g/mol. The van der Waals surface area contributed by atoms with E-state index in [1.54, 1.807) is 29.2 Å². The molecule has 1 unspecified atom stereocenters. The summed E-state index contributed by atoms with van der Waals surface area (Å²) in [6, 6.07) is 14.2. The number of benzene rings is 2. The fraction of sp³-hybridized carbons (Fsp3) is 0.652. The van der Waals surface area contributed by atoms with Crippen molar-refractivity contribution in [2.24, 2.45) is 17.8 Å². The van der Waals surface area contributed by atoms with Gasteiger partial charge in [0.1, 0.15) is 11.1 Å². The Bertz CT molecular complexity index is 1930. The van der Waals surface area contributed by atoms with Crippen molar-refractivity contribution in [3.05, 3.63) is 72.1 Å². The van der Waals surface area contributed by atoms with Gasteiger partial charge < -0.3 is 34.8 Å². The van der Waals surface area contributed by atoms with Crippen LogP contribution in [0.1, 0.15) is 63.4 Å². The Morgan fingerprint density at radius 1 is 0.867 bits per heavy atom. The fourth-order valence-corrected chi connectivity index (χ4v) is 13.0. The number of carbonyl (C=O) groups is 2. The molecule has 1 aliphatic carbocycles. The van der Waals surface area contributed by atoms with Gasteiger partial charge in [-0.15, -0.1) is 0 Å². The summed E-state index contributed by atoms with van der Waals surface area (Å²) in [5.74, 6) is 0.114. The first-order chi connectivity index (χ1) is 29.0. The first-order valence-corrected chi connectivity index (χ1v) is 24.1. The number of halogens is 1. The van der Waals surface area contributed by atoms with Crippen molar-refractivity contribution in [3.63, 3.8) is 0 Å². The van der Waals surface area contributed by atoms with Crippen LogP contribution in [0.5, 0.6) is 0 Å². The third-order valence-electron chi connectivity index (χ3n) is 14.9. The summed E-state index contributed by atoms with van der Waals surface area (Å²) in [5, 5.41) is 13.9. The van der Waals surface area contributed by atoms with Crippen LogP contribution >= 0.6 is 0 Å². The summed E-state index contributed by atoms with van der Waals surface area (Å²) in [6.07, 6.45) is 12.1. The molecule has 0 radical (unpaired) electrons. The van der Waals surface area contributed by atoms with E-state index in [2.05, 4.69) is 31.0 Å². The van der Waals surface area contributed by atoms with Crippen LogP contribution in [-0.2, 0) is 24.8 Å². The molecule has 8 rings (SSSR count). The third-order valence-corrected chi connectivity index (χ3v) is 17.0. The number of likely N-dealkylation sites (tertiary alicyclic amines) is 4. The van der Waals surface area contributed by atoms with Gasteiger partial charge in [-0.25, -0.2) is 17.6 Å². The third kappa shape index (κ3) is 9.28. The number of methoxy groups -OCH3 is 1. The predicted molar refractivity (Wildman–Crippen MR) is 230 cm³/mol. The Balaban J connectivity index is 0.870. The Kier molecular flexibility index (Phi) is 13.5. The fourth-order valence-electron chi connectivity index (χ4n) is 11.3. The van der Waals surface area contributed by atoms with E-state index in [-0.39, 0.29) is 58.9 Å². The zero-order valence-corrected chi connectivity index (χ0v) is 36.1. The summed E-state index contributed by atoms with van der Waals surface area (Å²) in [5.41, 5.74) is 1.59. The molecule has 1 saturated carbocycles. The van der Waals surface area contributed by atoms with Crippen LogP contribution < -0.4 is 10.2 Å². The summed E-state index contributed by atoms with van der Waals surface area (Å²) in [4.78, 5) is 36.6.